The van der Waals surface area contributed by atoms with Crippen molar-refractivity contribution in [2.24, 2.45) is 0 Å². The lowest BCUT2D eigenvalue weighted by Gasteiger charge is -2.36. The molecule has 0 fully saturated rings. The van der Waals surface area contributed by atoms with Crippen molar-refractivity contribution in [3.63, 3.8) is 0 Å². The Balaban J connectivity index is 5.47. The molecule has 2 N–H and O–H groups in total. The second-order valence-corrected chi connectivity index (χ2v) is 5.93. The SMILES string of the molecule is CCC(C)N(C(CC(F)(F)F)CC(F)(F)F)P(=O)(O)O. The van der Waals surface area contributed by atoms with E-state index in [1.54, 1.807) is 0 Å². The third-order valence-electron chi connectivity index (χ3n) is 2.65. The quantitative estimate of drug-likeness (QED) is 0.578. The predicted molar refractivity (Wildman–Crippen MR) is 58.8 cm³/mol. The van der Waals surface area contributed by atoms with Gasteiger partial charge >= 0.3 is 20.1 Å². The minimum Gasteiger partial charge on any atom is -0.312 e. The van der Waals surface area contributed by atoms with Crippen LogP contribution in [0, 0.1) is 0 Å². The van der Waals surface area contributed by atoms with Crippen LogP contribution in [0.4, 0.5) is 26.3 Å². The zero-order chi connectivity index (χ0) is 16.4. The van der Waals surface area contributed by atoms with Gasteiger partial charge in [0, 0.05) is 12.1 Å². The van der Waals surface area contributed by atoms with Crippen LogP contribution in [-0.2, 0) is 4.57 Å². The first kappa shape index (κ1) is 19.7. The minimum absolute atomic E-state index is 0.00265. The van der Waals surface area contributed by atoms with Gasteiger partial charge in [-0.1, -0.05) is 6.92 Å². The van der Waals surface area contributed by atoms with Gasteiger partial charge in [-0.05, 0) is 13.3 Å². The van der Waals surface area contributed by atoms with E-state index in [-0.39, 0.29) is 11.1 Å². The molecule has 1 unspecified atom stereocenters. The van der Waals surface area contributed by atoms with Crippen molar-refractivity contribution >= 4 is 7.75 Å². The van der Waals surface area contributed by atoms with E-state index in [0.29, 0.717) is 0 Å². The van der Waals surface area contributed by atoms with Crippen LogP contribution in [-0.4, -0.2) is 38.9 Å². The molecule has 0 aromatic carbocycles. The minimum atomic E-state index is -5.24. The fourth-order valence-electron chi connectivity index (χ4n) is 1.81. The van der Waals surface area contributed by atoms with E-state index in [0.717, 1.165) is 0 Å². The number of halogens is 6. The average Bonchev–Trinajstić information content (AvgIpc) is 2.09. The zero-order valence-corrected chi connectivity index (χ0v) is 11.6. The first-order valence-electron chi connectivity index (χ1n) is 5.65. The summed E-state index contributed by atoms with van der Waals surface area (Å²) in [5, 5.41) is 0. The van der Waals surface area contributed by atoms with Gasteiger partial charge in [0.2, 0.25) is 0 Å². The Morgan fingerprint density at radius 1 is 1.05 bits per heavy atom. The Morgan fingerprint density at radius 2 is 1.40 bits per heavy atom. The molecule has 0 aliphatic rings. The monoisotopic (exact) mass is 331 g/mol. The molecular formula is C9H16F6NO3P. The van der Waals surface area contributed by atoms with E-state index in [9.17, 15) is 30.9 Å². The van der Waals surface area contributed by atoms with Crippen molar-refractivity contribution in [2.45, 2.75) is 57.5 Å². The molecule has 0 amide bonds. The van der Waals surface area contributed by atoms with Gasteiger partial charge in [0.1, 0.15) is 0 Å². The van der Waals surface area contributed by atoms with Gasteiger partial charge in [-0.25, -0.2) is 9.24 Å². The topological polar surface area (TPSA) is 60.8 Å². The number of alkyl halides is 6. The van der Waals surface area contributed by atoms with Crippen molar-refractivity contribution in [2.75, 3.05) is 0 Å². The Hall–Kier alpha value is -0.310. The molecule has 0 heterocycles. The second kappa shape index (κ2) is 6.64. The zero-order valence-electron chi connectivity index (χ0n) is 10.7. The van der Waals surface area contributed by atoms with Gasteiger partial charge in [0.25, 0.3) is 0 Å². The molecule has 1 atom stereocenters. The van der Waals surface area contributed by atoms with E-state index in [2.05, 4.69) is 0 Å². The lowest BCUT2D eigenvalue weighted by Crippen LogP contribution is -2.43. The maximum absolute atomic E-state index is 12.3. The molecule has 11 heteroatoms. The number of nitrogens with zero attached hydrogens (tertiary/aromatic N) is 1. The highest BCUT2D eigenvalue weighted by atomic mass is 31.2. The largest absolute Gasteiger partial charge is 0.403 e. The van der Waals surface area contributed by atoms with Gasteiger partial charge < -0.3 is 9.79 Å². The molecule has 0 rings (SSSR count). The molecule has 122 valence electrons. The fourth-order valence-corrected chi connectivity index (χ4v) is 3.08. The normalized spacial score (nSPS) is 16.0. The molecule has 0 spiro atoms. The van der Waals surface area contributed by atoms with Crippen molar-refractivity contribution in [3.05, 3.63) is 0 Å². The summed E-state index contributed by atoms with van der Waals surface area (Å²) in [5.41, 5.74) is 0. The van der Waals surface area contributed by atoms with Crippen LogP contribution in [0.15, 0.2) is 0 Å². The highest BCUT2D eigenvalue weighted by molar-refractivity contribution is 7.49. The summed E-state index contributed by atoms with van der Waals surface area (Å²) in [4.78, 5) is 18.1. The third kappa shape index (κ3) is 7.47. The lowest BCUT2D eigenvalue weighted by atomic mass is 10.1. The highest BCUT2D eigenvalue weighted by Gasteiger charge is 2.46. The third-order valence-corrected chi connectivity index (χ3v) is 3.97. The van der Waals surface area contributed by atoms with Crippen LogP contribution in [0.1, 0.15) is 33.1 Å². The predicted octanol–water partition coefficient (Wildman–Crippen LogP) is 3.45. The van der Waals surface area contributed by atoms with Gasteiger partial charge in [-0.15, -0.1) is 0 Å². The first-order chi connectivity index (χ1) is 8.67. The molecule has 0 aromatic heterocycles. The van der Waals surface area contributed by atoms with E-state index in [4.69, 9.17) is 9.79 Å². The highest BCUT2D eigenvalue weighted by Crippen LogP contribution is 2.48. The van der Waals surface area contributed by atoms with Crippen molar-refractivity contribution in [1.29, 1.82) is 0 Å². The number of hydrogen-bond acceptors (Lipinski definition) is 1. The summed E-state index contributed by atoms with van der Waals surface area (Å²) < 4.78 is 85.3. The van der Waals surface area contributed by atoms with Crippen LogP contribution < -0.4 is 0 Å². The maximum Gasteiger partial charge on any atom is 0.403 e. The number of rotatable bonds is 6. The molecule has 0 aliphatic carbocycles. The van der Waals surface area contributed by atoms with Crippen LogP contribution in [0.2, 0.25) is 0 Å². The van der Waals surface area contributed by atoms with Gasteiger partial charge in [-0.2, -0.15) is 26.3 Å². The molecule has 4 nitrogen and oxygen atoms in total. The molecular weight excluding hydrogens is 315 g/mol. The van der Waals surface area contributed by atoms with E-state index < -0.39 is 45.0 Å². The summed E-state index contributed by atoms with van der Waals surface area (Å²) in [6.07, 6.45) is -13.8. The summed E-state index contributed by atoms with van der Waals surface area (Å²) in [5.74, 6) is 0. The Labute approximate surface area is 112 Å². The van der Waals surface area contributed by atoms with E-state index >= 15 is 0 Å². The second-order valence-electron chi connectivity index (χ2n) is 4.44. The van der Waals surface area contributed by atoms with Gasteiger partial charge in [0.05, 0.1) is 12.8 Å². The summed E-state index contributed by atoms with van der Waals surface area (Å²) in [6.45, 7) is 2.57. The molecule has 0 saturated carbocycles. The molecule has 0 aromatic rings. The Morgan fingerprint density at radius 3 is 1.60 bits per heavy atom. The fraction of sp³-hybridized carbons (Fsp3) is 1.00. The number of hydrogen-bond donors (Lipinski definition) is 2. The Bertz CT molecular complexity index is 337. The van der Waals surface area contributed by atoms with Crippen LogP contribution in [0.5, 0.6) is 0 Å². The van der Waals surface area contributed by atoms with Crippen LogP contribution in [0.25, 0.3) is 0 Å². The molecule has 20 heavy (non-hydrogen) atoms. The van der Waals surface area contributed by atoms with Crippen LogP contribution >= 0.6 is 7.75 Å². The molecule has 0 bridgehead atoms. The molecule has 0 saturated heterocycles. The van der Waals surface area contributed by atoms with Crippen molar-refractivity contribution < 1.29 is 40.7 Å². The van der Waals surface area contributed by atoms with Gasteiger partial charge in [0.15, 0.2) is 0 Å². The van der Waals surface area contributed by atoms with Crippen molar-refractivity contribution in [3.8, 4) is 0 Å². The average molecular weight is 331 g/mol. The summed E-state index contributed by atoms with van der Waals surface area (Å²) in [6, 6.07) is -3.48. The summed E-state index contributed by atoms with van der Waals surface area (Å²) >= 11 is 0. The van der Waals surface area contributed by atoms with E-state index in [1.807, 2.05) is 0 Å². The van der Waals surface area contributed by atoms with Crippen LogP contribution in [0.3, 0.4) is 0 Å². The lowest BCUT2D eigenvalue weighted by molar-refractivity contribution is -0.173. The maximum atomic E-state index is 12.3. The van der Waals surface area contributed by atoms with Crippen molar-refractivity contribution in [1.82, 2.24) is 4.67 Å². The standard InChI is InChI=1S/C9H16F6NO3P/c1-3-6(2)16(20(17,18)19)7(4-8(10,11)12)5-9(13,14)15/h6-7H,3-5H2,1-2H3,(H2,17,18,19). The van der Waals surface area contributed by atoms with Gasteiger partial charge in [-0.3, -0.25) is 0 Å². The van der Waals surface area contributed by atoms with E-state index in [1.165, 1.54) is 13.8 Å². The Kier molecular flexibility index (Phi) is 6.53. The molecule has 0 aliphatic heterocycles. The summed E-state index contributed by atoms with van der Waals surface area (Å²) in [7, 11) is -5.24. The molecule has 0 radical (unpaired) electrons. The first-order valence-corrected chi connectivity index (χ1v) is 7.21. The smallest absolute Gasteiger partial charge is 0.312 e.